The van der Waals surface area contributed by atoms with Gasteiger partial charge in [0.25, 0.3) is 0 Å². The van der Waals surface area contributed by atoms with Crippen LogP contribution in [0.25, 0.3) is 0 Å². The molecule has 0 bridgehead atoms. The van der Waals surface area contributed by atoms with E-state index in [0.29, 0.717) is 12.1 Å². The largest absolute Gasteiger partial charge is 0.427 e. The number of benzene rings is 1. The van der Waals surface area contributed by atoms with Gasteiger partial charge in [-0.25, -0.2) is 13.6 Å². The molecule has 0 unspecified atom stereocenters. The minimum absolute atomic E-state index is 0.373. The van der Waals surface area contributed by atoms with E-state index in [4.69, 9.17) is 5.26 Å². The predicted molar refractivity (Wildman–Crippen MR) is 51.5 cm³/mol. The molecule has 17 heavy (non-hydrogen) atoms. The Hall–Kier alpha value is -2.21. The molecule has 0 aliphatic carbocycles. The van der Waals surface area contributed by atoms with Crippen molar-refractivity contribution >= 4 is 22.8 Å². The molecule has 6 nitrogen and oxygen atoms in total. The Morgan fingerprint density at radius 2 is 1.94 bits per heavy atom. The highest BCUT2D eigenvalue weighted by Crippen LogP contribution is 2.19. The number of hydrogen-bond acceptors (Lipinski definition) is 5. The lowest BCUT2D eigenvalue weighted by molar-refractivity contribution is 0.219. The lowest BCUT2D eigenvalue weighted by Gasteiger charge is -2.05. The molecule has 1 aromatic rings. The highest BCUT2D eigenvalue weighted by atomic mass is 32.2. The number of nitriles is 1. The average molecular weight is 262 g/mol. The molecule has 0 radical (unpaired) electrons. The summed E-state index contributed by atoms with van der Waals surface area (Å²) in [5.41, 5.74) is -0.768. The Morgan fingerprint density at radius 3 is 2.47 bits per heavy atom. The quantitative estimate of drug-likeness (QED) is 0.772. The zero-order chi connectivity index (χ0) is 13.0. The van der Waals surface area contributed by atoms with Gasteiger partial charge in [-0.05, 0) is 6.07 Å². The van der Waals surface area contributed by atoms with Crippen molar-refractivity contribution in [2.45, 2.75) is 0 Å². The van der Waals surface area contributed by atoms with Crippen LogP contribution < -0.4 is 5.32 Å². The number of thiol groups is 1. The third kappa shape index (κ3) is 3.39. The number of amides is 1. The maximum Gasteiger partial charge on any atom is 0.427 e. The first-order valence-corrected chi connectivity index (χ1v) is 5.06. The summed E-state index contributed by atoms with van der Waals surface area (Å²) in [6.07, 6.45) is -1.43. The molecule has 90 valence electrons. The molecule has 0 atom stereocenters. The first-order valence-electron chi connectivity index (χ1n) is 3.96. The van der Waals surface area contributed by atoms with E-state index in [9.17, 15) is 22.0 Å². The second-order valence-electron chi connectivity index (χ2n) is 2.65. The lowest BCUT2D eigenvalue weighted by Crippen LogP contribution is -2.14. The summed E-state index contributed by atoms with van der Waals surface area (Å²) in [6.45, 7) is 0. The summed E-state index contributed by atoms with van der Waals surface area (Å²) in [7, 11) is -3.43. The van der Waals surface area contributed by atoms with Crippen molar-refractivity contribution in [1.82, 2.24) is 0 Å². The predicted octanol–water partition coefficient (Wildman–Crippen LogP) is 0.911. The third-order valence-corrected chi connectivity index (χ3v) is 1.89. The van der Waals surface area contributed by atoms with Crippen molar-refractivity contribution in [2.75, 3.05) is 5.32 Å². The molecule has 1 aromatic carbocycles. The maximum atomic E-state index is 12.8. The van der Waals surface area contributed by atoms with E-state index in [1.165, 1.54) is 6.07 Å². The van der Waals surface area contributed by atoms with Gasteiger partial charge in [0.15, 0.2) is 11.6 Å². The Kier molecular flexibility index (Phi) is 3.95. The fourth-order valence-electron chi connectivity index (χ4n) is 0.943. The van der Waals surface area contributed by atoms with Gasteiger partial charge >= 0.3 is 17.1 Å². The van der Waals surface area contributed by atoms with Crippen LogP contribution in [0.4, 0.5) is 19.3 Å². The average Bonchev–Trinajstić information content (AvgIpc) is 2.21. The van der Waals surface area contributed by atoms with Crippen LogP contribution in [0.3, 0.4) is 0 Å². The fraction of sp³-hybridized carbons (Fsp3) is 0. The Balaban J connectivity index is 3.02. The number of carbonyl (C=O) groups excluding carboxylic acids is 1. The van der Waals surface area contributed by atoms with E-state index in [2.05, 4.69) is 4.18 Å². The summed E-state index contributed by atoms with van der Waals surface area (Å²) in [5, 5.41) is 10.4. The van der Waals surface area contributed by atoms with Crippen molar-refractivity contribution in [1.29, 1.82) is 5.26 Å². The van der Waals surface area contributed by atoms with E-state index < -0.39 is 34.4 Å². The number of halogens is 2. The van der Waals surface area contributed by atoms with E-state index in [1.54, 1.807) is 5.32 Å². The summed E-state index contributed by atoms with van der Waals surface area (Å²) in [5.74, 6) is -2.57. The minimum Gasteiger partial charge on any atom is -0.330 e. The van der Waals surface area contributed by atoms with Crippen molar-refractivity contribution in [2.24, 2.45) is 0 Å². The molecule has 9 heteroatoms. The topological polar surface area (TPSA) is 96.3 Å². The van der Waals surface area contributed by atoms with Gasteiger partial charge in [0, 0.05) is 6.07 Å². The van der Waals surface area contributed by atoms with Gasteiger partial charge in [-0.3, -0.25) is 5.32 Å². The van der Waals surface area contributed by atoms with Crippen molar-refractivity contribution in [3.8, 4) is 6.07 Å². The van der Waals surface area contributed by atoms with Crippen LogP contribution in [-0.4, -0.2) is 14.5 Å². The number of carbonyl (C=O) groups is 1. The maximum absolute atomic E-state index is 12.8. The van der Waals surface area contributed by atoms with Gasteiger partial charge < -0.3 is 4.18 Å². The molecule has 1 rings (SSSR count). The van der Waals surface area contributed by atoms with E-state index in [-0.39, 0.29) is 5.56 Å². The fourth-order valence-corrected chi connectivity index (χ4v) is 1.12. The standard InChI is InChI=1S/C8H4F2N2O4S/c9-5-1-4(3-11)7(2-6(5)10)12-8(13)16-17(14)15/h1-2,17H,(H,12,13). The zero-order valence-electron chi connectivity index (χ0n) is 7.94. The molecule has 0 saturated heterocycles. The molecule has 0 heterocycles. The number of anilines is 1. The normalized spacial score (nSPS) is 9.76. The number of nitrogens with one attached hydrogen (secondary N) is 1. The summed E-state index contributed by atoms with van der Waals surface area (Å²) < 4.78 is 49.3. The molecule has 0 aliphatic heterocycles. The van der Waals surface area contributed by atoms with Crippen LogP contribution in [-0.2, 0) is 15.2 Å². The summed E-state index contributed by atoms with van der Waals surface area (Å²) in [6, 6.07) is 2.59. The van der Waals surface area contributed by atoms with E-state index in [1.807, 2.05) is 0 Å². The highest BCUT2D eigenvalue weighted by Gasteiger charge is 2.13. The van der Waals surface area contributed by atoms with Crippen LogP contribution in [0.15, 0.2) is 12.1 Å². The monoisotopic (exact) mass is 262 g/mol. The Labute approximate surface area is 95.6 Å². The van der Waals surface area contributed by atoms with Gasteiger partial charge in [0.05, 0.1) is 11.3 Å². The van der Waals surface area contributed by atoms with Crippen LogP contribution in [0, 0.1) is 23.0 Å². The third-order valence-electron chi connectivity index (χ3n) is 1.58. The zero-order valence-corrected chi connectivity index (χ0v) is 8.83. The number of hydrogen-bond donors (Lipinski definition) is 2. The van der Waals surface area contributed by atoms with Gasteiger partial charge in [-0.1, -0.05) is 0 Å². The first-order chi connectivity index (χ1) is 7.93. The molecular weight excluding hydrogens is 258 g/mol. The van der Waals surface area contributed by atoms with Crippen LogP contribution in [0.1, 0.15) is 5.56 Å². The molecule has 0 fully saturated rings. The second-order valence-corrected chi connectivity index (χ2v) is 3.28. The minimum atomic E-state index is -3.43. The lowest BCUT2D eigenvalue weighted by atomic mass is 10.2. The molecule has 0 aromatic heterocycles. The Bertz CT molecular complexity index is 572. The molecule has 0 aliphatic rings. The molecule has 1 N–H and O–H groups in total. The van der Waals surface area contributed by atoms with Crippen LogP contribution >= 0.6 is 0 Å². The van der Waals surface area contributed by atoms with Gasteiger partial charge in [0.1, 0.15) is 6.07 Å². The molecule has 1 amide bonds. The molecular formula is C8H4F2N2O4S. The SMILES string of the molecule is N#Cc1cc(F)c(F)cc1NC(=O)O[SH](=O)=O. The van der Waals surface area contributed by atoms with Crippen molar-refractivity contribution in [3.05, 3.63) is 29.3 Å². The summed E-state index contributed by atoms with van der Waals surface area (Å²) in [4.78, 5) is 10.8. The highest BCUT2D eigenvalue weighted by molar-refractivity contribution is 7.67. The van der Waals surface area contributed by atoms with E-state index >= 15 is 0 Å². The first kappa shape index (κ1) is 12.9. The number of nitrogens with zero attached hydrogens (tertiary/aromatic N) is 1. The van der Waals surface area contributed by atoms with Gasteiger partial charge in [-0.2, -0.15) is 13.7 Å². The van der Waals surface area contributed by atoms with Crippen molar-refractivity contribution in [3.63, 3.8) is 0 Å². The van der Waals surface area contributed by atoms with Crippen molar-refractivity contribution < 1.29 is 26.2 Å². The van der Waals surface area contributed by atoms with Gasteiger partial charge in [-0.15, -0.1) is 0 Å². The van der Waals surface area contributed by atoms with E-state index in [0.717, 1.165) is 0 Å². The van der Waals surface area contributed by atoms with Gasteiger partial charge in [0.2, 0.25) is 0 Å². The second kappa shape index (κ2) is 5.22. The van der Waals surface area contributed by atoms with Crippen LogP contribution in [0.5, 0.6) is 0 Å². The molecule has 0 saturated carbocycles. The smallest absolute Gasteiger partial charge is 0.330 e. The molecule has 0 spiro atoms. The van der Waals surface area contributed by atoms with Crippen LogP contribution in [0.2, 0.25) is 0 Å². The Morgan fingerprint density at radius 1 is 1.35 bits per heavy atom. The summed E-state index contributed by atoms with van der Waals surface area (Å²) >= 11 is 0. The number of rotatable bonds is 2.